The Labute approximate surface area is 203 Å². The Hall–Kier alpha value is -4.13. The van der Waals surface area contributed by atoms with Crippen molar-refractivity contribution in [1.82, 2.24) is 25.7 Å². The summed E-state index contributed by atoms with van der Waals surface area (Å²) in [5.74, 6) is 1.24. The van der Waals surface area contributed by atoms with Crippen molar-refractivity contribution in [2.75, 3.05) is 6.54 Å². The molecule has 0 aliphatic heterocycles. The average Bonchev–Trinajstić information content (AvgIpc) is 3.21. The molecule has 3 aliphatic carbocycles. The maximum Gasteiger partial charge on any atom is 0.333 e. The summed E-state index contributed by atoms with van der Waals surface area (Å²) in [6, 6.07) is 24.6. The molecule has 1 aromatic heterocycles. The van der Waals surface area contributed by atoms with Crippen molar-refractivity contribution in [3.05, 3.63) is 101 Å². The fraction of sp³-hybridized carbons (Fsp3) is 0.250. The highest BCUT2D eigenvalue weighted by Gasteiger charge is 2.42. The summed E-state index contributed by atoms with van der Waals surface area (Å²) in [6.45, 7) is 0.538. The molecule has 0 spiro atoms. The van der Waals surface area contributed by atoms with Crippen molar-refractivity contribution in [3.8, 4) is 0 Å². The molecule has 3 amide bonds. The molecule has 3 aromatic carbocycles. The fourth-order valence-electron chi connectivity index (χ4n) is 5.90. The summed E-state index contributed by atoms with van der Waals surface area (Å²) in [4.78, 5) is 29.4. The van der Waals surface area contributed by atoms with Crippen molar-refractivity contribution in [2.45, 2.75) is 24.7 Å². The second-order valence-electron chi connectivity index (χ2n) is 9.42. The van der Waals surface area contributed by atoms with Gasteiger partial charge in [0.15, 0.2) is 0 Å². The molecule has 0 radical (unpaired) electrons. The first-order chi connectivity index (χ1) is 17.1. The number of hydrogen-bond donors (Lipinski definition) is 3. The number of nitrogens with one attached hydrogen (secondary N) is 3. The maximum atomic E-state index is 12.5. The van der Waals surface area contributed by atoms with Gasteiger partial charge in [-0.05, 0) is 46.7 Å². The lowest BCUT2D eigenvalue weighted by Gasteiger charge is -2.45. The topological polar surface area (TPSA) is 88.0 Å². The number of urea groups is 1. The molecule has 1 heterocycles. The van der Waals surface area contributed by atoms with Gasteiger partial charge in [-0.2, -0.15) is 0 Å². The van der Waals surface area contributed by atoms with E-state index in [0.29, 0.717) is 24.2 Å². The maximum absolute atomic E-state index is 12.5. The van der Waals surface area contributed by atoms with Crippen LogP contribution < -0.4 is 16.2 Å². The van der Waals surface area contributed by atoms with Crippen molar-refractivity contribution in [2.24, 2.45) is 13.0 Å². The fourth-order valence-corrected chi connectivity index (χ4v) is 5.90. The summed E-state index contributed by atoms with van der Waals surface area (Å²) in [6.07, 6.45) is 1.07. The Kier molecular flexibility index (Phi) is 5.25. The quantitative estimate of drug-likeness (QED) is 0.401. The zero-order chi connectivity index (χ0) is 23.9. The lowest BCUT2D eigenvalue weighted by Crippen LogP contribution is -2.49. The van der Waals surface area contributed by atoms with Crippen LogP contribution in [0, 0.1) is 5.92 Å². The van der Waals surface area contributed by atoms with E-state index in [1.807, 2.05) is 35.9 Å². The number of aromatic nitrogens is 2. The molecule has 0 saturated carbocycles. The van der Waals surface area contributed by atoms with Gasteiger partial charge in [-0.25, -0.2) is 15.2 Å². The first kappa shape index (κ1) is 21.4. The molecular formula is C28H27N5O2. The third kappa shape index (κ3) is 3.73. The van der Waals surface area contributed by atoms with E-state index in [0.717, 1.165) is 17.5 Å². The normalized spacial score (nSPS) is 19.6. The van der Waals surface area contributed by atoms with Gasteiger partial charge in [-0.15, -0.1) is 0 Å². The van der Waals surface area contributed by atoms with Gasteiger partial charge in [0.05, 0.1) is 17.5 Å². The third-order valence-electron chi connectivity index (χ3n) is 7.46. The number of rotatable bonds is 4. The van der Waals surface area contributed by atoms with Gasteiger partial charge in [-0.1, -0.05) is 60.7 Å². The summed E-state index contributed by atoms with van der Waals surface area (Å²) in [5.41, 5.74) is 12.3. The molecule has 1 atom stereocenters. The number of imidazole rings is 1. The molecule has 3 N–H and O–H groups in total. The molecule has 0 saturated heterocycles. The lowest BCUT2D eigenvalue weighted by atomic mass is 9.59. The predicted molar refractivity (Wildman–Crippen MR) is 134 cm³/mol. The molecular weight excluding hydrogens is 438 g/mol. The van der Waals surface area contributed by atoms with Crippen molar-refractivity contribution < 1.29 is 9.59 Å². The van der Waals surface area contributed by atoms with E-state index in [2.05, 4.69) is 69.7 Å². The van der Waals surface area contributed by atoms with Gasteiger partial charge in [0.25, 0.3) is 0 Å². The van der Waals surface area contributed by atoms with E-state index in [4.69, 9.17) is 0 Å². The average molecular weight is 466 g/mol. The van der Waals surface area contributed by atoms with E-state index < -0.39 is 6.03 Å². The minimum absolute atomic E-state index is 0.0748. The number of carbonyl (C=O) groups excluding carboxylic acids is 2. The first-order valence-corrected chi connectivity index (χ1v) is 12.0. The van der Waals surface area contributed by atoms with Gasteiger partial charge < -0.3 is 9.88 Å². The van der Waals surface area contributed by atoms with Gasteiger partial charge in [0.1, 0.15) is 5.82 Å². The number of hydrogen-bond acceptors (Lipinski definition) is 3. The Balaban J connectivity index is 1.07. The van der Waals surface area contributed by atoms with E-state index in [-0.39, 0.29) is 18.2 Å². The second kappa shape index (κ2) is 8.58. The number of amides is 3. The zero-order valence-electron chi connectivity index (χ0n) is 19.5. The Morgan fingerprint density at radius 1 is 0.886 bits per heavy atom. The van der Waals surface area contributed by atoms with Crippen LogP contribution in [0.2, 0.25) is 0 Å². The SMILES string of the molecule is Cn1c(CC(=O)NNC(=O)NCC2CC3c4ccccc4C2c2ccccc23)nc2ccccc21. The van der Waals surface area contributed by atoms with Crippen molar-refractivity contribution in [3.63, 3.8) is 0 Å². The first-order valence-electron chi connectivity index (χ1n) is 12.0. The highest BCUT2D eigenvalue weighted by atomic mass is 16.2. The smallest absolute Gasteiger partial charge is 0.333 e. The van der Waals surface area contributed by atoms with Crippen LogP contribution in [0.3, 0.4) is 0 Å². The van der Waals surface area contributed by atoms with Crippen molar-refractivity contribution in [1.29, 1.82) is 0 Å². The Morgan fingerprint density at radius 3 is 2.20 bits per heavy atom. The number of hydrazine groups is 1. The third-order valence-corrected chi connectivity index (χ3v) is 7.46. The number of benzene rings is 3. The standard InChI is InChI=1S/C28H27N5O2/c1-33-24-13-7-6-12-23(24)30-25(33)15-26(34)31-32-28(35)29-16-17-14-22-18-8-2-4-10-20(18)27(17)21-11-5-3-9-19(21)22/h2-13,17,22,27H,14-16H2,1H3,(H,31,34)(H2,29,32,35). The van der Waals surface area contributed by atoms with Crippen LogP contribution in [-0.4, -0.2) is 28.0 Å². The molecule has 176 valence electrons. The van der Waals surface area contributed by atoms with E-state index in [1.54, 1.807) is 0 Å². The van der Waals surface area contributed by atoms with E-state index >= 15 is 0 Å². The molecule has 7 heteroatoms. The Morgan fingerprint density at radius 2 is 1.51 bits per heavy atom. The van der Waals surface area contributed by atoms with Crippen LogP contribution in [0.15, 0.2) is 72.8 Å². The number of para-hydroxylation sites is 2. The molecule has 3 aliphatic rings. The number of aryl methyl sites for hydroxylation is 1. The summed E-state index contributed by atoms with van der Waals surface area (Å²) in [5, 5.41) is 2.97. The number of fused-ring (bicyclic) bond motifs is 2. The van der Waals surface area contributed by atoms with Gasteiger partial charge in [0, 0.05) is 25.4 Å². The molecule has 7 rings (SSSR count). The Bertz CT molecular complexity index is 1390. The number of carbonyl (C=O) groups is 2. The summed E-state index contributed by atoms with van der Waals surface area (Å²) < 4.78 is 1.89. The minimum atomic E-state index is -0.411. The number of nitrogens with zero attached hydrogens (tertiary/aromatic N) is 2. The summed E-state index contributed by atoms with van der Waals surface area (Å²) in [7, 11) is 1.88. The van der Waals surface area contributed by atoms with Crippen LogP contribution in [0.5, 0.6) is 0 Å². The van der Waals surface area contributed by atoms with Crippen LogP contribution in [0.1, 0.15) is 46.3 Å². The largest absolute Gasteiger partial charge is 0.336 e. The molecule has 2 bridgehead atoms. The minimum Gasteiger partial charge on any atom is -0.336 e. The summed E-state index contributed by atoms with van der Waals surface area (Å²) >= 11 is 0. The van der Waals surface area contributed by atoms with E-state index in [1.165, 1.54) is 22.3 Å². The highest BCUT2D eigenvalue weighted by Crippen LogP contribution is 2.55. The molecule has 7 nitrogen and oxygen atoms in total. The predicted octanol–water partition coefficient (Wildman–Crippen LogP) is 3.74. The zero-order valence-corrected chi connectivity index (χ0v) is 19.5. The highest BCUT2D eigenvalue weighted by molar-refractivity contribution is 5.83. The van der Waals surface area contributed by atoms with E-state index in [9.17, 15) is 9.59 Å². The van der Waals surface area contributed by atoms with Crippen LogP contribution >= 0.6 is 0 Å². The van der Waals surface area contributed by atoms with Gasteiger partial charge in [-0.3, -0.25) is 10.2 Å². The molecule has 1 unspecified atom stereocenters. The van der Waals surface area contributed by atoms with Crippen molar-refractivity contribution >= 4 is 23.0 Å². The van der Waals surface area contributed by atoms with Crippen LogP contribution in [0.25, 0.3) is 11.0 Å². The molecule has 35 heavy (non-hydrogen) atoms. The van der Waals surface area contributed by atoms with Gasteiger partial charge in [0.2, 0.25) is 5.91 Å². The van der Waals surface area contributed by atoms with Crippen LogP contribution in [-0.2, 0) is 18.3 Å². The second-order valence-corrected chi connectivity index (χ2v) is 9.42. The monoisotopic (exact) mass is 465 g/mol. The molecule has 4 aromatic rings. The van der Waals surface area contributed by atoms with Crippen LogP contribution in [0.4, 0.5) is 4.79 Å². The molecule has 0 fully saturated rings. The lowest BCUT2D eigenvalue weighted by molar-refractivity contribution is -0.121. The van der Waals surface area contributed by atoms with Gasteiger partial charge >= 0.3 is 6.03 Å².